The molecule has 1 aliphatic rings. The van der Waals surface area contributed by atoms with Gasteiger partial charge in [0.15, 0.2) is 0 Å². The van der Waals surface area contributed by atoms with Crippen molar-refractivity contribution in [1.29, 1.82) is 0 Å². The topological polar surface area (TPSA) is 101 Å². The van der Waals surface area contributed by atoms with Crippen LogP contribution in [0.4, 0.5) is 26.3 Å². The molecule has 0 aliphatic heterocycles. The Morgan fingerprint density at radius 1 is 1.11 bits per heavy atom. The Morgan fingerprint density at radius 3 is 2.28 bits per heavy atom. The van der Waals surface area contributed by atoms with Crippen LogP contribution in [0.15, 0.2) is 36.5 Å². The lowest BCUT2D eigenvalue weighted by atomic mass is 10.1. The average Bonchev–Trinajstić information content (AvgIpc) is 3.57. The predicted molar refractivity (Wildman–Crippen MR) is 114 cm³/mol. The van der Waals surface area contributed by atoms with Gasteiger partial charge in [0, 0.05) is 0 Å². The van der Waals surface area contributed by atoms with Gasteiger partial charge in [0.2, 0.25) is 11.8 Å². The quantitative estimate of drug-likeness (QED) is 0.449. The number of ether oxygens (including phenoxy) is 1. The molecule has 0 radical (unpaired) electrons. The lowest BCUT2D eigenvalue weighted by Crippen LogP contribution is -2.51. The van der Waals surface area contributed by atoms with E-state index in [9.17, 15) is 41.0 Å². The van der Waals surface area contributed by atoms with Crippen molar-refractivity contribution in [3.8, 4) is 11.5 Å². The fraction of sp³-hybridized carbons (Fsp3) is 0.435. The Balaban J connectivity index is 1.61. The number of benzene rings is 1. The molecule has 2 atom stereocenters. The highest BCUT2D eigenvalue weighted by Crippen LogP contribution is 2.40. The minimum atomic E-state index is -4.73. The summed E-state index contributed by atoms with van der Waals surface area (Å²) in [6, 6.07) is 5.89. The number of carbonyl (C=O) groups is 2. The maximum Gasteiger partial charge on any atom is 0.419 e. The number of hydrogen-bond acceptors (Lipinski definition) is 5. The number of rotatable bonds is 8. The number of carbonyl (C=O) groups excluding carboxylic acids is 2. The minimum Gasteiger partial charge on any atom is -0.455 e. The molecule has 0 saturated heterocycles. The number of pyridine rings is 1. The first-order valence-corrected chi connectivity index (χ1v) is 10.8. The van der Waals surface area contributed by atoms with E-state index in [1.807, 2.05) is 0 Å². The summed E-state index contributed by atoms with van der Waals surface area (Å²) in [4.78, 5) is 28.3. The molecule has 36 heavy (non-hydrogen) atoms. The fourth-order valence-electron chi connectivity index (χ4n) is 3.19. The molecule has 1 heterocycles. The van der Waals surface area contributed by atoms with Crippen molar-refractivity contribution in [2.24, 2.45) is 5.92 Å². The predicted octanol–water partition coefficient (Wildman–Crippen LogP) is 4.41. The van der Waals surface area contributed by atoms with Crippen molar-refractivity contribution in [2.75, 3.05) is 0 Å². The summed E-state index contributed by atoms with van der Waals surface area (Å²) in [7, 11) is 0. The van der Waals surface area contributed by atoms with Crippen molar-refractivity contribution in [3.63, 3.8) is 0 Å². The number of aliphatic hydroxyl groups excluding tert-OH is 1. The molecule has 196 valence electrons. The van der Waals surface area contributed by atoms with E-state index >= 15 is 0 Å². The molecule has 1 saturated carbocycles. The molecule has 2 amide bonds. The standard InChI is InChI=1S/C23H23F6N3O4/c1-12(22(24,25)26)19(34)32-21(7-8-21)20(35)31-10-15-4-5-16(11-30-15)36-18-6-3-14(13(2)33)9-17(18)23(27,28)29/h3-6,9,11-13,33H,7-8,10H2,1-2H3,(H,31,35)(H,32,34). The van der Waals surface area contributed by atoms with Crippen LogP contribution in [-0.4, -0.2) is 33.6 Å². The summed E-state index contributed by atoms with van der Waals surface area (Å²) >= 11 is 0. The van der Waals surface area contributed by atoms with Gasteiger partial charge in [-0.05, 0) is 56.5 Å². The third kappa shape index (κ3) is 6.45. The van der Waals surface area contributed by atoms with Gasteiger partial charge in [0.25, 0.3) is 0 Å². The maximum absolute atomic E-state index is 13.4. The zero-order valence-electron chi connectivity index (χ0n) is 19.1. The Bertz CT molecular complexity index is 1110. The second-order valence-electron chi connectivity index (χ2n) is 8.53. The van der Waals surface area contributed by atoms with E-state index in [0.717, 1.165) is 18.3 Å². The minimum absolute atomic E-state index is 0.0209. The fourth-order valence-corrected chi connectivity index (χ4v) is 3.19. The number of nitrogens with zero attached hydrogens (tertiary/aromatic N) is 1. The molecule has 7 nitrogen and oxygen atoms in total. The van der Waals surface area contributed by atoms with Gasteiger partial charge in [0.05, 0.1) is 30.1 Å². The lowest BCUT2D eigenvalue weighted by molar-refractivity contribution is -0.179. The van der Waals surface area contributed by atoms with Gasteiger partial charge in [-0.25, -0.2) is 0 Å². The number of amides is 2. The molecule has 1 aliphatic carbocycles. The molecule has 13 heteroatoms. The van der Waals surface area contributed by atoms with Crippen molar-refractivity contribution < 1.29 is 45.8 Å². The normalized spacial score (nSPS) is 16.6. The van der Waals surface area contributed by atoms with Crippen molar-refractivity contribution in [1.82, 2.24) is 15.6 Å². The van der Waals surface area contributed by atoms with E-state index in [0.29, 0.717) is 12.6 Å². The van der Waals surface area contributed by atoms with Gasteiger partial charge in [-0.1, -0.05) is 6.07 Å². The zero-order chi connectivity index (χ0) is 26.9. The van der Waals surface area contributed by atoms with Gasteiger partial charge in [-0.15, -0.1) is 0 Å². The first-order chi connectivity index (χ1) is 16.6. The summed E-state index contributed by atoms with van der Waals surface area (Å²) in [6.07, 6.45) is -9.05. The van der Waals surface area contributed by atoms with Crippen molar-refractivity contribution in [3.05, 3.63) is 53.3 Å². The largest absolute Gasteiger partial charge is 0.455 e. The van der Waals surface area contributed by atoms with Crippen LogP contribution >= 0.6 is 0 Å². The monoisotopic (exact) mass is 519 g/mol. The van der Waals surface area contributed by atoms with Crippen LogP contribution in [0.25, 0.3) is 0 Å². The summed E-state index contributed by atoms with van der Waals surface area (Å²) in [5.74, 6) is -4.74. The Labute approximate surface area is 201 Å². The third-order valence-electron chi connectivity index (χ3n) is 5.68. The van der Waals surface area contributed by atoms with Crippen molar-refractivity contribution >= 4 is 11.8 Å². The van der Waals surface area contributed by atoms with Gasteiger partial charge < -0.3 is 20.5 Å². The van der Waals surface area contributed by atoms with Crippen LogP contribution in [0.1, 0.15) is 49.6 Å². The van der Waals surface area contributed by atoms with Crippen LogP contribution in [-0.2, 0) is 22.3 Å². The van der Waals surface area contributed by atoms with Crippen LogP contribution in [0, 0.1) is 5.92 Å². The molecule has 0 bridgehead atoms. The number of halogens is 6. The number of hydrogen-bond donors (Lipinski definition) is 3. The number of alkyl halides is 6. The smallest absolute Gasteiger partial charge is 0.419 e. The van der Waals surface area contributed by atoms with E-state index in [1.165, 1.54) is 25.1 Å². The first kappa shape index (κ1) is 27.2. The summed E-state index contributed by atoms with van der Waals surface area (Å²) in [5.41, 5.74) is -2.13. The Kier molecular flexibility index (Phi) is 7.53. The van der Waals surface area contributed by atoms with E-state index < -0.39 is 53.0 Å². The lowest BCUT2D eigenvalue weighted by Gasteiger charge is -2.21. The highest BCUT2D eigenvalue weighted by atomic mass is 19.4. The van der Waals surface area contributed by atoms with Crippen LogP contribution in [0.5, 0.6) is 11.5 Å². The van der Waals surface area contributed by atoms with E-state index in [1.54, 1.807) is 0 Å². The van der Waals surface area contributed by atoms with Crippen molar-refractivity contribution in [2.45, 2.75) is 57.2 Å². The van der Waals surface area contributed by atoms with E-state index in [4.69, 9.17) is 4.74 Å². The first-order valence-electron chi connectivity index (χ1n) is 10.8. The Hall–Kier alpha value is -3.35. The van der Waals surface area contributed by atoms with E-state index in [-0.39, 0.29) is 30.7 Å². The zero-order valence-corrected chi connectivity index (χ0v) is 19.1. The summed E-state index contributed by atoms with van der Waals surface area (Å²) < 4.78 is 83.7. The highest BCUT2D eigenvalue weighted by Gasteiger charge is 2.53. The van der Waals surface area contributed by atoms with Gasteiger partial charge >= 0.3 is 12.4 Å². The molecule has 1 aromatic heterocycles. The van der Waals surface area contributed by atoms with Crippen LogP contribution in [0.2, 0.25) is 0 Å². The van der Waals surface area contributed by atoms with Crippen LogP contribution in [0.3, 0.4) is 0 Å². The third-order valence-corrected chi connectivity index (χ3v) is 5.68. The number of aliphatic hydroxyl groups is 1. The molecule has 0 spiro atoms. The SMILES string of the molecule is CC(O)c1ccc(Oc2ccc(CNC(=O)C3(NC(=O)C(C)C(F)(F)F)CC3)nc2)c(C(F)(F)F)c1. The van der Waals surface area contributed by atoms with Gasteiger partial charge in [0.1, 0.15) is 23.0 Å². The van der Waals surface area contributed by atoms with Gasteiger partial charge in [-0.2, -0.15) is 26.3 Å². The second kappa shape index (κ2) is 9.96. The summed E-state index contributed by atoms with van der Waals surface area (Å²) in [6.45, 7) is 1.90. The number of aromatic nitrogens is 1. The Morgan fingerprint density at radius 2 is 1.78 bits per heavy atom. The van der Waals surface area contributed by atoms with Gasteiger partial charge in [-0.3, -0.25) is 14.6 Å². The second-order valence-corrected chi connectivity index (χ2v) is 8.53. The number of nitrogens with one attached hydrogen (secondary N) is 2. The molecule has 2 unspecified atom stereocenters. The van der Waals surface area contributed by atoms with Crippen LogP contribution < -0.4 is 15.4 Å². The maximum atomic E-state index is 13.4. The molecular formula is C23H23F6N3O4. The summed E-state index contributed by atoms with van der Waals surface area (Å²) in [5, 5.41) is 14.2. The van der Waals surface area contributed by atoms with E-state index in [2.05, 4.69) is 15.6 Å². The molecular weight excluding hydrogens is 496 g/mol. The molecule has 1 aromatic carbocycles. The molecule has 3 N–H and O–H groups in total. The molecule has 1 fully saturated rings. The highest BCUT2D eigenvalue weighted by molar-refractivity contribution is 5.94. The molecule has 2 aromatic rings. The average molecular weight is 519 g/mol. The molecule has 3 rings (SSSR count).